The summed E-state index contributed by atoms with van der Waals surface area (Å²) < 4.78 is 36.2. The molecule has 2 aromatic rings. The van der Waals surface area contributed by atoms with Crippen LogP contribution >= 0.6 is 0 Å². The summed E-state index contributed by atoms with van der Waals surface area (Å²) >= 11 is 0. The van der Waals surface area contributed by atoms with Crippen LogP contribution in [0.25, 0.3) is 0 Å². The number of nitrogens with zero attached hydrogens (tertiary/aromatic N) is 1. The second-order valence-corrected chi connectivity index (χ2v) is 7.50. The Balaban J connectivity index is 2.39. The van der Waals surface area contributed by atoms with Gasteiger partial charge >= 0.3 is 5.97 Å². The van der Waals surface area contributed by atoms with Gasteiger partial charge in [-0.2, -0.15) is 0 Å². The van der Waals surface area contributed by atoms with Crippen LogP contribution in [0.15, 0.2) is 41.3 Å². The maximum atomic E-state index is 12.5. The van der Waals surface area contributed by atoms with Crippen LogP contribution in [-0.4, -0.2) is 40.1 Å². The zero-order valence-electron chi connectivity index (χ0n) is 15.3. The predicted molar refractivity (Wildman–Crippen MR) is 95.8 cm³/mol. The Labute approximate surface area is 153 Å². The van der Waals surface area contributed by atoms with Crippen molar-refractivity contribution in [1.29, 1.82) is 0 Å². The zero-order chi connectivity index (χ0) is 19.5. The molecule has 0 unspecified atom stereocenters. The smallest absolute Gasteiger partial charge is 0.343 e. The van der Waals surface area contributed by atoms with E-state index in [0.717, 1.165) is 11.1 Å². The van der Waals surface area contributed by atoms with Gasteiger partial charge < -0.3 is 9.47 Å². The van der Waals surface area contributed by atoms with Gasteiger partial charge in [0.25, 0.3) is 10.0 Å². The summed E-state index contributed by atoms with van der Waals surface area (Å²) in [6.07, 6.45) is 0. The van der Waals surface area contributed by atoms with Crippen LogP contribution in [0.2, 0.25) is 0 Å². The molecule has 0 bridgehead atoms. The molecule has 0 heterocycles. The van der Waals surface area contributed by atoms with E-state index in [4.69, 9.17) is 14.3 Å². The van der Waals surface area contributed by atoms with Crippen molar-refractivity contribution in [1.82, 2.24) is 4.47 Å². The van der Waals surface area contributed by atoms with E-state index in [-0.39, 0.29) is 16.2 Å². The molecular weight excluding hydrogens is 358 g/mol. The molecule has 0 amide bonds. The van der Waals surface area contributed by atoms with Gasteiger partial charge in [-0.25, -0.2) is 13.2 Å². The molecule has 0 aliphatic rings. The highest BCUT2D eigenvalue weighted by Crippen LogP contribution is 2.28. The lowest BCUT2D eigenvalue weighted by atomic mass is 10.1. The molecule has 0 aromatic heterocycles. The maximum Gasteiger partial charge on any atom is 0.343 e. The largest absolute Gasteiger partial charge is 0.495 e. The Kier molecular flexibility index (Phi) is 6.01. The minimum absolute atomic E-state index is 0.0760. The van der Waals surface area contributed by atoms with Gasteiger partial charge in [0.05, 0.1) is 19.8 Å². The third-order valence-electron chi connectivity index (χ3n) is 3.96. The van der Waals surface area contributed by atoms with Gasteiger partial charge in [0, 0.05) is 7.05 Å². The Hall–Kier alpha value is -2.42. The lowest BCUT2D eigenvalue weighted by Crippen LogP contribution is -2.26. The van der Waals surface area contributed by atoms with E-state index in [0.29, 0.717) is 10.2 Å². The summed E-state index contributed by atoms with van der Waals surface area (Å²) in [4.78, 5) is 17.0. The van der Waals surface area contributed by atoms with Crippen molar-refractivity contribution in [3.8, 4) is 11.5 Å². The van der Waals surface area contributed by atoms with E-state index in [2.05, 4.69) is 0 Å². The number of hydroxylamine groups is 1. The van der Waals surface area contributed by atoms with Crippen molar-refractivity contribution in [2.24, 2.45) is 0 Å². The molecule has 26 heavy (non-hydrogen) atoms. The number of sulfonamides is 1. The molecule has 0 N–H and O–H groups in total. The van der Waals surface area contributed by atoms with Crippen molar-refractivity contribution >= 4 is 16.0 Å². The molecule has 0 saturated heterocycles. The number of rotatable bonds is 6. The Morgan fingerprint density at radius 1 is 1.00 bits per heavy atom. The second-order valence-electron chi connectivity index (χ2n) is 5.60. The van der Waals surface area contributed by atoms with Crippen LogP contribution < -0.4 is 9.47 Å². The van der Waals surface area contributed by atoms with Crippen molar-refractivity contribution in [2.75, 3.05) is 21.3 Å². The zero-order valence-corrected chi connectivity index (χ0v) is 16.1. The third-order valence-corrected chi connectivity index (χ3v) is 5.66. The summed E-state index contributed by atoms with van der Waals surface area (Å²) in [5.74, 6) is -0.198. The fourth-order valence-electron chi connectivity index (χ4n) is 2.19. The first-order valence-electron chi connectivity index (χ1n) is 7.71. The molecule has 7 nitrogen and oxygen atoms in total. The lowest BCUT2D eigenvalue weighted by Gasteiger charge is -2.17. The highest BCUT2D eigenvalue weighted by molar-refractivity contribution is 7.89. The fraction of sp³-hybridized carbons (Fsp3) is 0.278. The van der Waals surface area contributed by atoms with Crippen molar-refractivity contribution in [2.45, 2.75) is 18.7 Å². The molecule has 8 heteroatoms. The summed E-state index contributed by atoms with van der Waals surface area (Å²) in [7, 11) is -0.184. The van der Waals surface area contributed by atoms with E-state index < -0.39 is 16.0 Å². The SMILES string of the molecule is COc1ccc(C(=O)Oc2ccc(C)c(C)c2)cc1S(=O)(=O)N(C)OC. The van der Waals surface area contributed by atoms with Gasteiger partial charge in [0.1, 0.15) is 16.4 Å². The van der Waals surface area contributed by atoms with Gasteiger partial charge in [-0.15, -0.1) is 0 Å². The van der Waals surface area contributed by atoms with E-state index in [1.807, 2.05) is 19.9 Å². The molecule has 0 atom stereocenters. The minimum atomic E-state index is -3.99. The van der Waals surface area contributed by atoms with E-state index in [9.17, 15) is 13.2 Å². The summed E-state index contributed by atoms with van der Waals surface area (Å²) in [5.41, 5.74) is 2.13. The first-order valence-corrected chi connectivity index (χ1v) is 9.15. The summed E-state index contributed by atoms with van der Waals surface area (Å²) in [6, 6.07) is 9.30. The molecule has 0 fully saturated rings. The Morgan fingerprint density at radius 2 is 1.69 bits per heavy atom. The number of esters is 1. The summed E-state index contributed by atoms with van der Waals surface area (Å²) in [6.45, 7) is 3.86. The molecule has 2 rings (SSSR count). The first-order chi connectivity index (χ1) is 12.2. The average Bonchev–Trinajstić information content (AvgIpc) is 2.63. The average molecular weight is 379 g/mol. The van der Waals surface area contributed by atoms with Crippen LogP contribution in [0, 0.1) is 13.8 Å². The highest BCUT2D eigenvalue weighted by atomic mass is 32.2. The Morgan fingerprint density at radius 3 is 2.27 bits per heavy atom. The lowest BCUT2D eigenvalue weighted by molar-refractivity contribution is -0.0259. The van der Waals surface area contributed by atoms with Crippen LogP contribution in [0.1, 0.15) is 21.5 Å². The topological polar surface area (TPSA) is 82.1 Å². The molecule has 0 spiro atoms. The number of hydrogen-bond donors (Lipinski definition) is 0. The normalized spacial score (nSPS) is 11.5. The van der Waals surface area contributed by atoms with Gasteiger partial charge in [0.15, 0.2) is 0 Å². The number of benzene rings is 2. The van der Waals surface area contributed by atoms with Crippen LogP contribution in [0.4, 0.5) is 0 Å². The van der Waals surface area contributed by atoms with Gasteiger partial charge in [-0.3, -0.25) is 4.84 Å². The predicted octanol–water partition coefficient (Wildman–Crippen LogP) is 2.71. The van der Waals surface area contributed by atoms with E-state index >= 15 is 0 Å². The van der Waals surface area contributed by atoms with Crippen LogP contribution in [0.3, 0.4) is 0 Å². The van der Waals surface area contributed by atoms with Crippen LogP contribution in [0.5, 0.6) is 11.5 Å². The van der Waals surface area contributed by atoms with Gasteiger partial charge in [0.2, 0.25) is 0 Å². The molecule has 0 aliphatic heterocycles. The van der Waals surface area contributed by atoms with Gasteiger partial charge in [-0.05, 0) is 55.3 Å². The molecule has 0 saturated carbocycles. The molecular formula is C18H21NO6S. The van der Waals surface area contributed by atoms with E-state index in [1.165, 1.54) is 39.5 Å². The number of ether oxygens (including phenoxy) is 2. The third kappa shape index (κ3) is 4.04. The van der Waals surface area contributed by atoms with Crippen molar-refractivity contribution < 1.29 is 27.5 Å². The molecule has 2 aromatic carbocycles. The quantitative estimate of drug-likeness (QED) is 0.436. The Bertz CT molecular complexity index is 923. The molecule has 140 valence electrons. The highest BCUT2D eigenvalue weighted by Gasteiger charge is 2.27. The number of methoxy groups -OCH3 is 1. The number of carbonyl (C=O) groups is 1. The first kappa shape index (κ1) is 19.9. The molecule has 0 aliphatic carbocycles. The van der Waals surface area contributed by atoms with Crippen molar-refractivity contribution in [3.63, 3.8) is 0 Å². The number of hydrogen-bond acceptors (Lipinski definition) is 6. The fourth-order valence-corrected chi connectivity index (χ4v) is 3.34. The van der Waals surface area contributed by atoms with Crippen molar-refractivity contribution in [3.05, 3.63) is 53.1 Å². The second kappa shape index (κ2) is 7.86. The number of aryl methyl sites for hydroxylation is 2. The maximum absolute atomic E-state index is 12.5. The number of carbonyl (C=O) groups excluding carboxylic acids is 1. The monoisotopic (exact) mass is 379 g/mol. The summed E-state index contributed by atoms with van der Waals surface area (Å²) in [5, 5.41) is 0. The standard InChI is InChI=1S/C18H21NO6S/c1-12-6-8-15(10-13(12)2)25-18(20)14-7-9-16(23-4)17(11-14)26(21,22)19(3)24-5/h6-11H,1-5H3. The van der Waals surface area contributed by atoms with Crippen LogP contribution in [-0.2, 0) is 14.9 Å². The minimum Gasteiger partial charge on any atom is -0.495 e. The van der Waals surface area contributed by atoms with Gasteiger partial charge in [-0.1, -0.05) is 10.5 Å². The molecule has 0 radical (unpaired) electrons. The van der Waals surface area contributed by atoms with E-state index in [1.54, 1.807) is 12.1 Å².